The van der Waals surface area contributed by atoms with Crippen molar-refractivity contribution in [1.82, 2.24) is 5.32 Å². The minimum absolute atomic E-state index is 0.148. The third-order valence-corrected chi connectivity index (χ3v) is 2.82. The van der Waals surface area contributed by atoms with Gasteiger partial charge in [-0.1, -0.05) is 15.9 Å². The second-order valence-electron chi connectivity index (χ2n) is 3.89. The van der Waals surface area contributed by atoms with Crippen LogP contribution in [0.25, 0.3) is 0 Å². The highest BCUT2D eigenvalue weighted by atomic mass is 79.9. The van der Waals surface area contributed by atoms with Gasteiger partial charge in [0.25, 0.3) is 0 Å². The van der Waals surface area contributed by atoms with Gasteiger partial charge in [-0.2, -0.15) is 0 Å². The van der Waals surface area contributed by atoms with Crippen molar-refractivity contribution in [3.8, 4) is 0 Å². The zero-order chi connectivity index (χ0) is 10.3. The molecule has 1 heterocycles. The first-order valence-corrected chi connectivity index (χ1v) is 5.17. The molecular formula is C10H11BrN2O. The number of nitrogens with one attached hydrogen (secondary N) is 2. The Balaban J connectivity index is 2.58. The molecule has 3 nitrogen and oxygen atoms in total. The van der Waals surface area contributed by atoms with E-state index >= 15 is 0 Å². The van der Waals surface area contributed by atoms with Crippen LogP contribution in [0.3, 0.4) is 0 Å². The Morgan fingerprint density at radius 1 is 1.36 bits per heavy atom. The average molecular weight is 255 g/mol. The molecule has 74 valence electrons. The molecule has 1 aliphatic heterocycles. The first-order chi connectivity index (χ1) is 6.49. The maximum Gasteiger partial charge on any atom is 0.319 e. The fraction of sp³-hybridized carbons (Fsp3) is 0.300. The van der Waals surface area contributed by atoms with E-state index in [1.807, 2.05) is 32.0 Å². The summed E-state index contributed by atoms with van der Waals surface area (Å²) in [5, 5.41) is 5.64. The number of urea groups is 1. The lowest BCUT2D eigenvalue weighted by Crippen LogP contribution is -2.47. The summed E-state index contributed by atoms with van der Waals surface area (Å²) in [4.78, 5) is 11.3. The van der Waals surface area contributed by atoms with Crippen LogP contribution in [0, 0.1) is 0 Å². The third kappa shape index (κ3) is 1.50. The van der Waals surface area contributed by atoms with Gasteiger partial charge in [0.1, 0.15) is 0 Å². The lowest BCUT2D eigenvalue weighted by atomic mass is 9.91. The molecule has 0 radical (unpaired) electrons. The van der Waals surface area contributed by atoms with Gasteiger partial charge in [0.05, 0.1) is 5.54 Å². The van der Waals surface area contributed by atoms with Gasteiger partial charge in [0.2, 0.25) is 0 Å². The fourth-order valence-corrected chi connectivity index (χ4v) is 2.01. The normalized spacial score (nSPS) is 18.1. The molecule has 0 bridgehead atoms. The summed E-state index contributed by atoms with van der Waals surface area (Å²) in [5.74, 6) is 0. The van der Waals surface area contributed by atoms with Crippen LogP contribution in [0.1, 0.15) is 19.4 Å². The van der Waals surface area contributed by atoms with E-state index in [9.17, 15) is 4.79 Å². The number of fused-ring (bicyclic) bond motifs is 1. The van der Waals surface area contributed by atoms with Crippen LogP contribution >= 0.6 is 15.9 Å². The largest absolute Gasteiger partial charge is 0.329 e. The van der Waals surface area contributed by atoms with E-state index in [1.54, 1.807) is 0 Å². The minimum atomic E-state index is -0.318. The van der Waals surface area contributed by atoms with Crippen LogP contribution in [-0.2, 0) is 5.54 Å². The number of amides is 2. The van der Waals surface area contributed by atoms with E-state index in [1.165, 1.54) is 0 Å². The molecule has 0 aromatic heterocycles. The van der Waals surface area contributed by atoms with Crippen LogP contribution in [0.4, 0.5) is 10.5 Å². The molecule has 2 rings (SSSR count). The van der Waals surface area contributed by atoms with Crippen molar-refractivity contribution in [2.75, 3.05) is 5.32 Å². The highest BCUT2D eigenvalue weighted by Gasteiger charge is 2.30. The van der Waals surface area contributed by atoms with Crippen LogP contribution in [0.15, 0.2) is 22.7 Å². The van der Waals surface area contributed by atoms with Crippen molar-refractivity contribution in [3.05, 3.63) is 28.2 Å². The molecule has 0 atom stereocenters. The van der Waals surface area contributed by atoms with E-state index in [0.717, 1.165) is 15.7 Å². The number of carbonyl (C=O) groups excluding carboxylic acids is 1. The van der Waals surface area contributed by atoms with E-state index in [2.05, 4.69) is 26.6 Å². The Labute approximate surface area is 91.0 Å². The van der Waals surface area contributed by atoms with Crippen molar-refractivity contribution in [2.45, 2.75) is 19.4 Å². The maximum atomic E-state index is 11.3. The van der Waals surface area contributed by atoms with E-state index in [4.69, 9.17) is 0 Å². The molecule has 0 aliphatic carbocycles. The Morgan fingerprint density at radius 3 is 2.79 bits per heavy atom. The van der Waals surface area contributed by atoms with Crippen LogP contribution in [0.5, 0.6) is 0 Å². The summed E-state index contributed by atoms with van der Waals surface area (Å²) in [6.07, 6.45) is 0. The van der Waals surface area contributed by atoms with Crippen molar-refractivity contribution < 1.29 is 4.79 Å². The molecule has 0 saturated carbocycles. The van der Waals surface area contributed by atoms with Gasteiger partial charge in [0.15, 0.2) is 0 Å². The van der Waals surface area contributed by atoms with Gasteiger partial charge >= 0.3 is 6.03 Å². The van der Waals surface area contributed by atoms with E-state index in [0.29, 0.717) is 0 Å². The lowest BCUT2D eigenvalue weighted by molar-refractivity contribution is 0.239. The van der Waals surface area contributed by atoms with Crippen molar-refractivity contribution in [1.29, 1.82) is 0 Å². The first kappa shape index (κ1) is 9.52. The molecule has 1 aromatic rings. The molecule has 14 heavy (non-hydrogen) atoms. The predicted octanol–water partition coefficient (Wildman–Crippen LogP) is 2.82. The van der Waals surface area contributed by atoms with Gasteiger partial charge in [-0.15, -0.1) is 0 Å². The molecule has 0 spiro atoms. The number of hydrogen-bond acceptors (Lipinski definition) is 1. The Morgan fingerprint density at radius 2 is 2.07 bits per heavy atom. The monoisotopic (exact) mass is 254 g/mol. The summed E-state index contributed by atoms with van der Waals surface area (Å²) in [6, 6.07) is 5.69. The Kier molecular flexibility index (Phi) is 2.03. The van der Waals surface area contributed by atoms with Crippen molar-refractivity contribution in [2.24, 2.45) is 0 Å². The van der Waals surface area contributed by atoms with Crippen LogP contribution < -0.4 is 10.6 Å². The smallest absolute Gasteiger partial charge is 0.319 e. The highest BCUT2D eigenvalue weighted by molar-refractivity contribution is 9.10. The number of benzene rings is 1. The molecular weight excluding hydrogens is 244 g/mol. The fourth-order valence-electron chi connectivity index (χ4n) is 1.65. The number of anilines is 1. The topological polar surface area (TPSA) is 41.1 Å². The SMILES string of the molecule is CC1(C)NC(=O)Nc2ccc(Br)cc21. The Hall–Kier alpha value is -1.03. The van der Waals surface area contributed by atoms with Gasteiger partial charge in [-0.05, 0) is 32.0 Å². The summed E-state index contributed by atoms with van der Waals surface area (Å²) >= 11 is 3.42. The molecule has 2 amide bonds. The second kappa shape index (κ2) is 2.98. The zero-order valence-electron chi connectivity index (χ0n) is 8.02. The van der Waals surface area contributed by atoms with Gasteiger partial charge < -0.3 is 10.6 Å². The lowest BCUT2D eigenvalue weighted by Gasteiger charge is -2.33. The summed E-state index contributed by atoms with van der Waals surface area (Å²) < 4.78 is 1.02. The molecule has 0 saturated heterocycles. The van der Waals surface area contributed by atoms with Crippen molar-refractivity contribution >= 4 is 27.6 Å². The number of carbonyl (C=O) groups is 1. The molecule has 1 aromatic carbocycles. The summed E-state index contributed by atoms with van der Waals surface area (Å²) in [5.41, 5.74) is 1.65. The minimum Gasteiger partial charge on any atom is -0.329 e. The van der Waals surface area contributed by atoms with Gasteiger partial charge in [0, 0.05) is 15.7 Å². The average Bonchev–Trinajstić information content (AvgIpc) is 2.05. The highest BCUT2D eigenvalue weighted by Crippen LogP contribution is 2.33. The zero-order valence-corrected chi connectivity index (χ0v) is 9.60. The summed E-state index contributed by atoms with van der Waals surface area (Å²) in [6.45, 7) is 3.97. The molecule has 4 heteroatoms. The van der Waals surface area contributed by atoms with Crippen LogP contribution in [0.2, 0.25) is 0 Å². The van der Waals surface area contributed by atoms with Crippen molar-refractivity contribution in [3.63, 3.8) is 0 Å². The number of hydrogen-bond donors (Lipinski definition) is 2. The Bertz CT molecular complexity index is 401. The number of rotatable bonds is 0. The van der Waals surface area contributed by atoms with Gasteiger partial charge in [-0.25, -0.2) is 4.79 Å². The number of halogens is 1. The van der Waals surface area contributed by atoms with E-state index in [-0.39, 0.29) is 11.6 Å². The quantitative estimate of drug-likeness (QED) is 0.735. The van der Waals surface area contributed by atoms with E-state index < -0.39 is 0 Å². The second-order valence-corrected chi connectivity index (χ2v) is 4.81. The maximum absolute atomic E-state index is 11.3. The van der Waals surface area contributed by atoms with Crippen LogP contribution in [-0.4, -0.2) is 6.03 Å². The molecule has 2 N–H and O–H groups in total. The first-order valence-electron chi connectivity index (χ1n) is 4.38. The third-order valence-electron chi connectivity index (χ3n) is 2.33. The summed E-state index contributed by atoms with van der Waals surface area (Å²) in [7, 11) is 0. The predicted molar refractivity (Wildman–Crippen MR) is 59.3 cm³/mol. The molecule has 0 fully saturated rings. The molecule has 0 unspecified atom stereocenters. The molecule has 1 aliphatic rings. The standard InChI is InChI=1S/C10H11BrN2O/c1-10(2)7-5-6(11)3-4-8(7)12-9(14)13-10/h3-5H,1-2H3,(H2,12,13,14). The van der Waals surface area contributed by atoms with Gasteiger partial charge in [-0.3, -0.25) is 0 Å².